The molecule has 0 unspecified atom stereocenters. The molecule has 0 amide bonds. The molecule has 0 saturated heterocycles. The summed E-state index contributed by atoms with van der Waals surface area (Å²) in [5.74, 6) is -1.04. The summed E-state index contributed by atoms with van der Waals surface area (Å²) in [6.07, 6.45) is 2.85. The van der Waals surface area contributed by atoms with Crippen LogP contribution < -0.4 is 10.5 Å². The van der Waals surface area contributed by atoms with Gasteiger partial charge in [0.15, 0.2) is 12.4 Å². The van der Waals surface area contributed by atoms with Crippen molar-refractivity contribution in [1.29, 1.82) is 0 Å². The van der Waals surface area contributed by atoms with Crippen molar-refractivity contribution in [1.82, 2.24) is 0 Å². The highest BCUT2D eigenvalue weighted by molar-refractivity contribution is 5.73. The predicted octanol–water partition coefficient (Wildman–Crippen LogP) is -0.726. The summed E-state index contributed by atoms with van der Waals surface area (Å²) in [6.45, 7) is 0. The average Bonchev–Trinajstić information content (AvgIpc) is 2.08. The van der Waals surface area contributed by atoms with Crippen molar-refractivity contribution in [3.63, 3.8) is 0 Å². The van der Waals surface area contributed by atoms with Crippen LogP contribution in [0, 0.1) is 5.21 Å². The molecule has 5 heteroatoms. The molecule has 0 saturated carbocycles. The summed E-state index contributed by atoms with van der Waals surface area (Å²) < 4.78 is 0.635. The first kappa shape index (κ1) is 9.47. The third kappa shape index (κ3) is 2.72. The first-order valence-electron chi connectivity index (χ1n) is 3.75. The fourth-order valence-electron chi connectivity index (χ4n) is 0.921. The average molecular weight is 182 g/mol. The van der Waals surface area contributed by atoms with Crippen molar-refractivity contribution in [3.05, 3.63) is 35.3 Å². The maximum atomic E-state index is 10.6. The molecule has 0 radical (unpaired) electrons. The molecule has 13 heavy (non-hydrogen) atoms. The van der Waals surface area contributed by atoms with Gasteiger partial charge in [0.1, 0.15) is 6.04 Å². The van der Waals surface area contributed by atoms with Crippen LogP contribution in [0.1, 0.15) is 5.56 Å². The lowest BCUT2D eigenvalue weighted by Gasteiger charge is -2.05. The Kier molecular flexibility index (Phi) is 2.81. The van der Waals surface area contributed by atoms with Gasteiger partial charge in [-0.3, -0.25) is 4.79 Å². The van der Waals surface area contributed by atoms with Crippen LogP contribution in [0.15, 0.2) is 24.5 Å². The molecular weight excluding hydrogens is 172 g/mol. The second-order valence-electron chi connectivity index (χ2n) is 2.72. The van der Waals surface area contributed by atoms with E-state index in [0.717, 1.165) is 5.56 Å². The second kappa shape index (κ2) is 3.86. The summed E-state index contributed by atoms with van der Waals surface area (Å²) in [5.41, 5.74) is 6.04. The summed E-state index contributed by atoms with van der Waals surface area (Å²) >= 11 is 0. The third-order valence-corrected chi connectivity index (χ3v) is 1.64. The minimum atomic E-state index is -1.04. The van der Waals surface area contributed by atoms with E-state index in [0.29, 0.717) is 4.73 Å². The van der Waals surface area contributed by atoms with Crippen LogP contribution >= 0.6 is 0 Å². The Morgan fingerprint density at radius 2 is 2.15 bits per heavy atom. The number of carboxylic acid groups (broad SMARTS) is 1. The number of pyridine rings is 1. The number of hydrogen-bond acceptors (Lipinski definition) is 3. The van der Waals surface area contributed by atoms with Gasteiger partial charge < -0.3 is 16.0 Å². The molecule has 3 N–H and O–H groups in total. The van der Waals surface area contributed by atoms with Gasteiger partial charge in [-0.05, 0) is 12.0 Å². The highest BCUT2D eigenvalue weighted by atomic mass is 16.5. The monoisotopic (exact) mass is 182 g/mol. The summed E-state index contributed by atoms with van der Waals surface area (Å²) in [7, 11) is 0. The van der Waals surface area contributed by atoms with Crippen LogP contribution in [0.5, 0.6) is 0 Å². The molecule has 0 aromatic carbocycles. The van der Waals surface area contributed by atoms with Crippen LogP contribution in [0.2, 0.25) is 0 Å². The molecule has 5 nitrogen and oxygen atoms in total. The highest BCUT2D eigenvalue weighted by Crippen LogP contribution is 1.99. The molecule has 70 valence electrons. The first-order valence-corrected chi connectivity index (χ1v) is 3.75. The quantitative estimate of drug-likeness (QED) is 0.476. The zero-order valence-electron chi connectivity index (χ0n) is 6.88. The Bertz CT molecular complexity index is 297. The molecule has 1 heterocycles. The number of hydrogen-bond donors (Lipinski definition) is 2. The number of nitrogens with zero attached hydrogens (tertiary/aromatic N) is 1. The van der Waals surface area contributed by atoms with Gasteiger partial charge in [-0.25, -0.2) is 0 Å². The Morgan fingerprint density at radius 3 is 2.62 bits per heavy atom. The number of nitrogens with two attached hydrogens (primary N) is 1. The Morgan fingerprint density at radius 1 is 1.62 bits per heavy atom. The lowest BCUT2D eigenvalue weighted by molar-refractivity contribution is -0.605. The van der Waals surface area contributed by atoms with Gasteiger partial charge in [-0.15, -0.1) is 0 Å². The van der Waals surface area contributed by atoms with E-state index in [4.69, 9.17) is 10.8 Å². The predicted molar refractivity (Wildman–Crippen MR) is 44.7 cm³/mol. The Balaban J connectivity index is 2.64. The van der Waals surface area contributed by atoms with E-state index in [9.17, 15) is 10.0 Å². The van der Waals surface area contributed by atoms with Gasteiger partial charge in [0.25, 0.3) is 0 Å². The van der Waals surface area contributed by atoms with Crippen molar-refractivity contribution in [2.75, 3.05) is 0 Å². The largest absolute Gasteiger partial charge is 0.619 e. The van der Waals surface area contributed by atoms with E-state index in [1.54, 1.807) is 12.1 Å². The summed E-state index contributed by atoms with van der Waals surface area (Å²) in [4.78, 5) is 10.4. The van der Waals surface area contributed by atoms with E-state index in [1.807, 2.05) is 0 Å². The van der Waals surface area contributed by atoms with E-state index in [2.05, 4.69) is 0 Å². The van der Waals surface area contributed by atoms with Crippen molar-refractivity contribution >= 4 is 5.97 Å². The minimum Gasteiger partial charge on any atom is -0.619 e. The number of aliphatic carboxylic acids is 1. The molecule has 0 aliphatic heterocycles. The molecule has 1 aromatic rings. The smallest absolute Gasteiger partial charge is 0.320 e. The van der Waals surface area contributed by atoms with Gasteiger partial charge in [-0.1, -0.05) is 0 Å². The second-order valence-corrected chi connectivity index (χ2v) is 2.72. The van der Waals surface area contributed by atoms with Crippen molar-refractivity contribution in [2.24, 2.45) is 5.73 Å². The maximum absolute atomic E-state index is 10.6. The molecule has 1 aromatic heterocycles. The number of carbonyl (C=O) groups is 1. The number of carboxylic acids is 1. The van der Waals surface area contributed by atoms with E-state index >= 15 is 0 Å². The van der Waals surface area contributed by atoms with Gasteiger partial charge in [0, 0.05) is 12.1 Å². The fraction of sp³-hybridized carbons (Fsp3) is 0.250. The van der Waals surface area contributed by atoms with Crippen LogP contribution in [-0.2, 0) is 11.2 Å². The van der Waals surface area contributed by atoms with E-state index in [-0.39, 0.29) is 6.42 Å². The summed E-state index contributed by atoms with van der Waals surface area (Å²) in [6, 6.07) is 2.19. The molecule has 1 atom stereocenters. The number of rotatable bonds is 3. The van der Waals surface area contributed by atoms with Crippen molar-refractivity contribution in [2.45, 2.75) is 12.5 Å². The van der Waals surface area contributed by atoms with E-state index < -0.39 is 12.0 Å². The Labute approximate surface area is 75.0 Å². The Hall–Kier alpha value is -1.62. The van der Waals surface area contributed by atoms with Crippen LogP contribution in [0.4, 0.5) is 0 Å². The molecular formula is C8H10N2O3. The zero-order valence-corrected chi connectivity index (χ0v) is 6.88. The zero-order chi connectivity index (χ0) is 9.84. The van der Waals surface area contributed by atoms with Crippen molar-refractivity contribution in [3.8, 4) is 0 Å². The maximum Gasteiger partial charge on any atom is 0.320 e. The highest BCUT2D eigenvalue weighted by Gasteiger charge is 2.11. The lowest BCUT2D eigenvalue weighted by atomic mass is 10.1. The lowest BCUT2D eigenvalue weighted by Crippen LogP contribution is -2.32. The molecule has 1 rings (SSSR count). The van der Waals surface area contributed by atoms with Gasteiger partial charge in [0.2, 0.25) is 0 Å². The van der Waals surface area contributed by atoms with Gasteiger partial charge >= 0.3 is 5.97 Å². The van der Waals surface area contributed by atoms with Crippen LogP contribution in [-0.4, -0.2) is 17.1 Å². The fourth-order valence-corrected chi connectivity index (χ4v) is 0.921. The first-order chi connectivity index (χ1) is 6.09. The topological polar surface area (TPSA) is 90.3 Å². The van der Waals surface area contributed by atoms with Crippen LogP contribution in [0.3, 0.4) is 0 Å². The third-order valence-electron chi connectivity index (χ3n) is 1.64. The minimum absolute atomic E-state index is 0.232. The van der Waals surface area contributed by atoms with Gasteiger partial charge in [-0.2, -0.15) is 4.73 Å². The summed E-state index contributed by atoms with van der Waals surface area (Å²) in [5, 5.41) is 19.1. The standard InChI is InChI=1S/C8H10N2O3/c9-7(8(11)12)5-6-1-3-10(13)4-2-6/h1-4,7H,5,9H2,(H,11,12)/t7-/m1/s1. The normalized spacial score (nSPS) is 12.4. The molecule has 0 bridgehead atoms. The molecule has 0 spiro atoms. The SMILES string of the molecule is N[C@H](Cc1cc[n+]([O-])cc1)C(=O)O. The van der Waals surface area contributed by atoms with Crippen LogP contribution in [0.25, 0.3) is 0 Å². The van der Waals surface area contributed by atoms with E-state index in [1.165, 1.54) is 12.4 Å². The molecule has 0 aliphatic carbocycles. The van der Waals surface area contributed by atoms with Crippen molar-refractivity contribution < 1.29 is 14.6 Å². The molecule has 0 aliphatic rings. The molecule has 0 fully saturated rings. The number of aromatic nitrogens is 1. The van der Waals surface area contributed by atoms with Gasteiger partial charge in [0.05, 0.1) is 0 Å².